The third-order valence-electron chi connectivity index (χ3n) is 5.60. The monoisotopic (exact) mass is 467 g/mol. The van der Waals surface area contributed by atoms with Gasteiger partial charge in [-0.1, -0.05) is 18.2 Å². The summed E-state index contributed by atoms with van der Waals surface area (Å²) in [4.78, 5) is 24.5. The fourth-order valence-electron chi connectivity index (χ4n) is 3.84. The third kappa shape index (κ3) is 6.51. The number of anilines is 1. The number of carbonyl (C=O) groups is 2. The molecule has 1 N–H and O–H groups in total. The minimum atomic E-state index is -0.201. The molecule has 0 radical (unpaired) electrons. The van der Waals surface area contributed by atoms with Crippen LogP contribution in [0.4, 0.5) is 5.69 Å². The van der Waals surface area contributed by atoms with Crippen LogP contribution in [0, 0.1) is 5.92 Å². The Balaban J connectivity index is 1.32. The lowest BCUT2D eigenvalue weighted by molar-refractivity contribution is -0.144. The van der Waals surface area contributed by atoms with Gasteiger partial charge in [0.1, 0.15) is 5.75 Å². The molecule has 0 spiro atoms. The molecule has 0 bridgehead atoms. The topological polar surface area (TPSA) is 80.2 Å². The van der Waals surface area contributed by atoms with Gasteiger partial charge in [0, 0.05) is 41.8 Å². The van der Waals surface area contributed by atoms with Crippen molar-refractivity contribution in [3.63, 3.8) is 0 Å². The Morgan fingerprint density at radius 2 is 2.00 bits per heavy atom. The van der Waals surface area contributed by atoms with Gasteiger partial charge in [-0.25, -0.2) is 0 Å². The van der Waals surface area contributed by atoms with Crippen LogP contribution in [0.1, 0.15) is 34.8 Å². The Labute approximate surface area is 198 Å². The van der Waals surface area contributed by atoms with Crippen molar-refractivity contribution in [2.45, 2.75) is 19.8 Å². The maximum atomic E-state index is 12.7. The molecule has 1 amide bonds. The zero-order chi connectivity index (χ0) is 23.0. The molecule has 1 fully saturated rings. The Kier molecular flexibility index (Phi) is 7.88. The smallest absolute Gasteiger partial charge is 0.306 e. The Hall–Kier alpha value is -3.00. The van der Waals surface area contributed by atoms with Gasteiger partial charge in [0.15, 0.2) is 0 Å². The molecule has 174 valence electrons. The minimum absolute atomic E-state index is 0.0899. The summed E-state index contributed by atoms with van der Waals surface area (Å²) in [6.45, 7) is 4.58. The van der Waals surface area contributed by atoms with Crippen molar-refractivity contribution in [1.82, 2.24) is 5.01 Å². The lowest BCUT2D eigenvalue weighted by Gasteiger charge is -2.25. The van der Waals surface area contributed by atoms with E-state index < -0.39 is 0 Å². The molecule has 1 unspecified atom stereocenters. The van der Waals surface area contributed by atoms with E-state index in [1.165, 1.54) is 0 Å². The summed E-state index contributed by atoms with van der Waals surface area (Å²) in [6, 6.07) is 13.1. The number of benzene rings is 2. The first-order valence-electron chi connectivity index (χ1n) is 11.3. The number of hydrogen-bond acceptors (Lipinski definition) is 7. The fourth-order valence-corrected chi connectivity index (χ4v) is 4.72. The number of carbonyl (C=O) groups excluding carboxylic acids is 2. The van der Waals surface area contributed by atoms with Gasteiger partial charge < -0.3 is 14.8 Å². The van der Waals surface area contributed by atoms with E-state index in [0.717, 1.165) is 47.8 Å². The Morgan fingerprint density at radius 1 is 1.21 bits per heavy atom. The van der Waals surface area contributed by atoms with Crippen molar-refractivity contribution < 1.29 is 19.1 Å². The second kappa shape index (κ2) is 11.2. The molecule has 2 aliphatic heterocycles. The van der Waals surface area contributed by atoms with E-state index >= 15 is 0 Å². The first kappa shape index (κ1) is 23.2. The zero-order valence-corrected chi connectivity index (χ0v) is 19.6. The molecular weight excluding hydrogens is 438 g/mol. The number of nitrogens with one attached hydrogen (secondary N) is 1. The predicted octanol–water partition coefficient (Wildman–Crippen LogP) is 3.83. The predicted molar refractivity (Wildman–Crippen MR) is 131 cm³/mol. The highest BCUT2D eigenvalue weighted by molar-refractivity contribution is 7.99. The normalized spacial score (nSPS) is 17.8. The van der Waals surface area contributed by atoms with Gasteiger partial charge in [0.25, 0.3) is 5.91 Å². The standard InChI is InChI=1S/C25H29N3O4S/c1-2-31-24(29)14-19-13-20-5-6-21(15-23(20)32-17-19)25(30)27-22-7-3-18(4-8-22)16-26-28-9-11-33-12-10-28/h3-8,15-16,19H,2,9-14,17H2,1H3,(H,27,30). The maximum Gasteiger partial charge on any atom is 0.306 e. The number of fused-ring (bicyclic) bond motifs is 1. The number of nitrogens with zero attached hydrogens (tertiary/aromatic N) is 2. The number of hydrogen-bond donors (Lipinski definition) is 1. The molecule has 2 aliphatic rings. The quantitative estimate of drug-likeness (QED) is 0.493. The number of ether oxygens (including phenoxy) is 2. The minimum Gasteiger partial charge on any atom is -0.493 e. The van der Waals surface area contributed by atoms with Gasteiger partial charge in [-0.2, -0.15) is 16.9 Å². The van der Waals surface area contributed by atoms with Crippen molar-refractivity contribution in [2.75, 3.05) is 43.1 Å². The SMILES string of the molecule is CCOC(=O)CC1COc2cc(C(=O)Nc3ccc(C=NN4CCSCC4)cc3)ccc2C1. The fraction of sp³-hybridized carbons (Fsp3) is 0.400. The molecule has 2 aromatic carbocycles. The van der Waals surface area contributed by atoms with Crippen LogP contribution in [-0.2, 0) is 16.0 Å². The van der Waals surface area contributed by atoms with E-state index in [1.54, 1.807) is 19.1 Å². The van der Waals surface area contributed by atoms with Crippen molar-refractivity contribution in [1.29, 1.82) is 0 Å². The van der Waals surface area contributed by atoms with E-state index in [0.29, 0.717) is 30.9 Å². The number of hydrazone groups is 1. The summed E-state index contributed by atoms with van der Waals surface area (Å²) < 4.78 is 10.9. The van der Waals surface area contributed by atoms with Crippen LogP contribution in [0.3, 0.4) is 0 Å². The average molecular weight is 468 g/mol. The van der Waals surface area contributed by atoms with Gasteiger partial charge in [-0.15, -0.1) is 0 Å². The average Bonchev–Trinajstić information content (AvgIpc) is 2.84. The molecule has 0 aliphatic carbocycles. The number of amides is 1. The summed E-state index contributed by atoms with van der Waals surface area (Å²) in [6.07, 6.45) is 2.93. The molecule has 2 heterocycles. The Bertz CT molecular complexity index is 1000. The summed E-state index contributed by atoms with van der Waals surface area (Å²) in [5, 5.41) is 9.55. The van der Waals surface area contributed by atoms with Crippen LogP contribution in [0.5, 0.6) is 5.75 Å². The van der Waals surface area contributed by atoms with Crippen LogP contribution in [-0.4, -0.2) is 60.9 Å². The highest BCUT2D eigenvalue weighted by atomic mass is 32.2. The summed E-state index contributed by atoms with van der Waals surface area (Å²) in [5.74, 6) is 2.63. The highest BCUT2D eigenvalue weighted by Crippen LogP contribution is 2.30. The molecule has 1 atom stereocenters. The lowest BCUT2D eigenvalue weighted by atomic mass is 9.93. The van der Waals surface area contributed by atoms with Crippen molar-refractivity contribution in [2.24, 2.45) is 11.0 Å². The van der Waals surface area contributed by atoms with Gasteiger partial charge in [0.2, 0.25) is 0 Å². The van der Waals surface area contributed by atoms with E-state index in [9.17, 15) is 9.59 Å². The number of esters is 1. The zero-order valence-electron chi connectivity index (χ0n) is 18.8. The van der Waals surface area contributed by atoms with Crippen molar-refractivity contribution in [3.8, 4) is 5.75 Å². The molecule has 2 aromatic rings. The summed E-state index contributed by atoms with van der Waals surface area (Å²) >= 11 is 1.96. The molecule has 8 heteroatoms. The van der Waals surface area contributed by atoms with E-state index in [2.05, 4.69) is 15.4 Å². The van der Waals surface area contributed by atoms with Gasteiger partial charge in [-0.05, 0) is 48.7 Å². The van der Waals surface area contributed by atoms with Crippen LogP contribution >= 0.6 is 11.8 Å². The molecule has 0 saturated carbocycles. The van der Waals surface area contributed by atoms with Crippen LogP contribution in [0.2, 0.25) is 0 Å². The largest absolute Gasteiger partial charge is 0.493 e. The molecular formula is C25H29N3O4S. The lowest BCUT2D eigenvalue weighted by Crippen LogP contribution is -2.27. The molecule has 1 saturated heterocycles. The second-order valence-corrected chi connectivity index (χ2v) is 9.32. The maximum absolute atomic E-state index is 12.7. The first-order chi connectivity index (χ1) is 16.1. The molecule has 4 rings (SSSR count). The van der Waals surface area contributed by atoms with Gasteiger partial charge in [-0.3, -0.25) is 14.6 Å². The third-order valence-corrected chi connectivity index (χ3v) is 6.54. The number of thioether (sulfide) groups is 1. The van der Waals surface area contributed by atoms with Crippen molar-refractivity contribution in [3.05, 3.63) is 59.2 Å². The molecule has 7 nitrogen and oxygen atoms in total. The van der Waals surface area contributed by atoms with Gasteiger partial charge >= 0.3 is 5.97 Å². The van der Waals surface area contributed by atoms with Crippen LogP contribution < -0.4 is 10.1 Å². The Morgan fingerprint density at radius 3 is 2.76 bits per heavy atom. The van der Waals surface area contributed by atoms with Crippen LogP contribution in [0.25, 0.3) is 0 Å². The van der Waals surface area contributed by atoms with E-state index in [4.69, 9.17) is 9.47 Å². The molecule has 33 heavy (non-hydrogen) atoms. The highest BCUT2D eigenvalue weighted by Gasteiger charge is 2.24. The van der Waals surface area contributed by atoms with Crippen LogP contribution in [0.15, 0.2) is 47.6 Å². The summed E-state index contributed by atoms with van der Waals surface area (Å²) in [5.41, 5.74) is 3.25. The van der Waals surface area contributed by atoms with E-state index in [1.807, 2.05) is 48.3 Å². The molecule has 0 aromatic heterocycles. The number of rotatable bonds is 7. The summed E-state index contributed by atoms with van der Waals surface area (Å²) in [7, 11) is 0. The van der Waals surface area contributed by atoms with E-state index in [-0.39, 0.29) is 17.8 Å². The second-order valence-electron chi connectivity index (χ2n) is 8.10. The first-order valence-corrected chi connectivity index (χ1v) is 12.5. The van der Waals surface area contributed by atoms with Crippen molar-refractivity contribution >= 4 is 35.5 Å². The van der Waals surface area contributed by atoms with Gasteiger partial charge in [0.05, 0.1) is 25.8 Å².